The van der Waals surface area contributed by atoms with Crippen molar-refractivity contribution >= 4 is 40.5 Å². The van der Waals surface area contributed by atoms with Gasteiger partial charge in [0.2, 0.25) is 23.6 Å². The molecule has 14 nitrogen and oxygen atoms in total. The van der Waals surface area contributed by atoms with Crippen LogP contribution in [0.1, 0.15) is 44.4 Å². The molecule has 4 amide bonds. The predicted molar refractivity (Wildman–Crippen MR) is 154 cm³/mol. The van der Waals surface area contributed by atoms with Crippen molar-refractivity contribution in [3.05, 3.63) is 54.2 Å². The molecule has 0 spiro atoms. The fourth-order valence-corrected chi connectivity index (χ4v) is 4.50. The first-order valence-electron chi connectivity index (χ1n) is 13.7. The monoisotopic (exact) mass is 582 g/mol. The average Bonchev–Trinajstić information content (AvgIpc) is 3.62. The van der Waals surface area contributed by atoms with E-state index in [0.717, 1.165) is 16.5 Å². The Bertz CT molecular complexity index is 1390. The minimum Gasteiger partial charge on any atom is -0.480 e. The summed E-state index contributed by atoms with van der Waals surface area (Å²) < 4.78 is 0. The summed E-state index contributed by atoms with van der Waals surface area (Å²) in [6, 6.07) is 2.90. The number of rotatable bonds is 16. The Balaban J connectivity index is 1.76. The summed E-state index contributed by atoms with van der Waals surface area (Å²) in [4.78, 5) is 72.9. The minimum absolute atomic E-state index is 0.00778. The number of fused-ring (bicyclic) bond motifs is 1. The van der Waals surface area contributed by atoms with E-state index in [4.69, 9.17) is 11.5 Å². The van der Waals surface area contributed by atoms with Gasteiger partial charge in [0.15, 0.2) is 0 Å². The van der Waals surface area contributed by atoms with Gasteiger partial charge in [-0.1, -0.05) is 38.5 Å². The molecule has 5 atom stereocenters. The summed E-state index contributed by atoms with van der Waals surface area (Å²) in [6.07, 6.45) is 4.93. The average molecular weight is 583 g/mol. The number of carbonyl (C=O) groups excluding carboxylic acids is 4. The normalized spacial score (nSPS) is 14.7. The number of nitrogens with one attached hydrogen (secondary N) is 5. The Morgan fingerprint density at radius 2 is 1.67 bits per heavy atom. The van der Waals surface area contributed by atoms with E-state index in [1.165, 1.54) is 12.5 Å². The van der Waals surface area contributed by atoms with Crippen LogP contribution in [0.4, 0.5) is 0 Å². The zero-order valence-corrected chi connectivity index (χ0v) is 23.6. The van der Waals surface area contributed by atoms with Gasteiger partial charge in [-0.3, -0.25) is 19.2 Å². The number of carboxylic acid groups (broad SMARTS) is 1. The highest BCUT2D eigenvalue weighted by atomic mass is 16.4. The second kappa shape index (κ2) is 14.8. The number of para-hydroxylation sites is 1. The summed E-state index contributed by atoms with van der Waals surface area (Å²) in [5.41, 5.74) is 13.8. The number of H-pyrrole nitrogens is 2. The number of nitrogens with two attached hydrogens (primary N) is 2. The lowest BCUT2D eigenvalue weighted by atomic mass is 9.98. The Hall–Kier alpha value is -4.72. The number of primary amides is 1. The Labute approximate surface area is 242 Å². The highest BCUT2D eigenvalue weighted by molar-refractivity contribution is 5.95. The lowest BCUT2D eigenvalue weighted by molar-refractivity contribution is -0.144. The van der Waals surface area contributed by atoms with E-state index < -0.39 is 59.7 Å². The van der Waals surface area contributed by atoms with Crippen LogP contribution in [0, 0.1) is 5.92 Å². The number of benzene rings is 1. The van der Waals surface area contributed by atoms with Crippen LogP contribution >= 0.6 is 0 Å². The molecule has 0 aliphatic heterocycles. The van der Waals surface area contributed by atoms with Gasteiger partial charge in [-0.2, -0.15) is 0 Å². The van der Waals surface area contributed by atoms with Crippen LogP contribution in [-0.2, 0) is 36.8 Å². The maximum atomic E-state index is 13.5. The van der Waals surface area contributed by atoms with Crippen molar-refractivity contribution in [2.45, 2.75) is 70.1 Å². The van der Waals surface area contributed by atoms with E-state index in [1.54, 1.807) is 20.0 Å². The Morgan fingerprint density at radius 1 is 0.976 bits per heavy atom. The number of amides is 4. The van der Waals surface area contributed by atoms with Crippen molar-refractivity contribution in [1.82, 2.24) is 30.9 Å². The van der Waals surface area contributed by atoms with Gasteiger partial charge in [-0.15, -0.1) is 0 Å². The first-order valence-corrected chi connectivity index (χ1v) is 13.7. The van der Waals surface area contributed by atoms with E-state index in [2.05, 4.69) is 30.9 Å². The van der Waals surface area contributed by atoms with Crippen LogP contribution in [0.2, 0.25) is 0 Å². The van der Waals surface area contributed by atoms with Crippen LogP contribution < -0.4 is 27.4 Å². The van der Waals surface area contributed by atoms with Crippen molar-refractivity contribution in [1.29, 1.82) is 0 Å². The molecule has 0 bridgehead atoms. The molecule has 2 heterocycles. The number of hydrogen-bond donors (Lipinski definition) is 8. The van der Waals surface area contributed by atoms with Crippen LogP contribution in [0.5, 0.6) is 0 Å². The van der Waals surface area contributed by atoms with Crippen LogP contribution in [0.15, 0.2) is 43.0 Å². The van der Waals surface area contributed by atoms with Crippen molar-refractivity contribution < 1.29 is 29.1 Å². The van der Waals surface area contributed by atoms with E-state index in [-0.39, 0.29) is 25.7 Å². The van der Waals surface area contributed by atoms with Crippen molar-refractivity contribution in [3.63, 3.8) is 0 Å². The molecular formula is C28H38N8O6. The molecule has 0 saturated carbocycles. The number of carboxylic acids is 1. The zero-order chi connectivity index (χ0) is 30.8. The molecular weight excluding hydrogens is 544 g/mol. The molecule has 5 unspecified atom stereocenters. The fourth-order valence-electron chi connectivity index (χ4n) is 4.50. The molecule has 0 aliphatic carbocycles. The molecule has 0 saturated heterocycles. The maximum absolute atomic E-state index is 13.5. The summed E-state index contributed by atoms with van der Waals surface area (Å²) in [7, 11) is 0. The van der Waals surface area contributed by atoms with Gasteiger partial charge in [0.05, 0.1) is 12.4 Å². The lowest BCUT2D eigenvalue weighted by Crippen LogP contribution is -2.58. The second-order valence-corrected chi connectivity index (χ2v) is 10.3. The predicted octanol–water partition coefficient (Wildman–Crippen LogP) is -0.146. The molecule has 0 aliphatic rings. The summed E-state index contributed by atoms with van der Waals surface area (Å²) in [5, 5.41) is 18.2. The molecule has 42 heavy (non-hydrogen) atoms. The first kappa shape index (κ1) is 31.8. The van der Waals surface area contributed by atoms with Crippen molar-refractivity contribution in [2.24, 2.45) is 17.4 Å². The summed E-state index contributed by atoms with van der Waals surface area (Å²) in [5.74, 6) is -4.46. The zero-order valence-electron chi connectivity index (χ0n) is 23.6. The number of aliphatic carboxylic acids is 1. The topological polar surface area (TPSA) is 238 Å². The quantitative estimate of drug-likeness (QED) is 0.113. The van der Waals surface area contributed by atoms with Gasteiger partial charge >= 0.3 is 5.97 Å². The van der Waals surface area contributed by atoms with Gasteiger partial charge in [0.25, 0.3) is 0 Å². The molecule has 3 rings (SSSR count). The number of aromatic amines is 2. The second-order valence-electron chi connectivity index (χ2n) is 10.3. The molecule has 0 fully saturated rings. The van der Waals surface area contributed by atoms with Crippen LogP contribution in [0.3, 0.4) is 0 Å². The smallest absolute Gasteiger partial charge is 0.326 e. The van der Waals surface area contributed by atoms with Crippen LogP contribution in [-0.4, -0.2) is 73.8 Å². The SMILES string of the molecule is CCC(C)C(NC(=O)C(CCC(N)=O)NC(=O)C(Cc1cnc[nH]1)NC(=O)C(N)Cc1c[nH]c2ccccc12)C(=O)O. The van der Waals surface area contributed by atoms with Gasteiger partial charge in [-0.25, -0.2) is 9.78 Å². The summed E-state index contributed by atoms with van der Waals surface area (Å²) >= 11 is 0. The van der Waals surface area contributed by atoms with E-state index >= 15 is 0 Å². The highest BCUT2D eigenvalue weighted by Crippen LogP contribution is 2.19. The molecule has 0 radical (unpaired) electrons. The molecule has 10 N–H and O–H groups in total. The van der Waals surface area contributed by atoms with Gasteiger partial charge in [0, 0.05) is 41.8 Å². The van der Waals surface area contributed by atoms with Crippen molar-refractivity contribution in [2.75, 3.05) is 0 Å². The Morgan fingerprint density at radius 3 is 2.31 bits per heavy atom. The number of aromatic nitrogens is 3. The molecule has 1 aromatic carbocycles. The lowest BCUT2D eigenvalue weighted by Gasteiger charge is -2.26. The molecule has 14 heteroatoms. The third-order valence-corrected chi connectivity index (χ3v) is 7.15. The van der Waals surface area contributed by atoms with Gasteiger partial charge in [-0.05, 0) is 30.4 Å². The largest absolute Gasteiger partial charge is 0.480 e. The third kappa shape index (κ3) is 8.64. The fraction of sp³-hybridized carbons (Fsp3) is 0.429. The third-order valence-electron chi connectivity index (χ3n) is 7.15. The molecule has 2 aromatic heterocycles. The number of nitrogens with zero attached hydrogens (tertiary/aromatic N) is 1. The Kier molecular flexibility index (Phi) is 11.2. The standard InChI is InChI=1S/C28H38N8O6/c1-3-15(2)24(28(41)42)36-26(39)21(8-9-23(30)37)34-27(40)22(11-17-13-31-14-33-17)35-25(38)19(29)10-16-12-32-20-7-5-4-6-18(16)20/h4-7,12-15,19,21-22,24,32H,3,8-11,29H2,1-2H3,(H2,30,37)(H,31,33)(H,34,40)(H,35,38)(H,36,39)(H,41,42). The maximum Gasteiger partial charge on any atom is 0.326 e. The van der Waals surface area contributed by atoms with Gasteiger partial charge in [0.1, 0.15) is 18.1 Å². The van der Waals surface area contributed by atoms with Crippen LogP contribution in [0.25, 0.3) is 10.9 Å². The van der Waals surface area contributed by atoms with E-state index in [1.807, 2.05) is 24.3 Å². The number of carbonyl (C=O) groups is 5. The van der Waals surface area contributed by atoms with E-state index in [9.17, 15) is 29.1 Å². The summed E-state index contributed by atoms with van der Waals surface area (Å²) in [6.45, 7) is 3.45. The molecule has 3 aromatic rings. The number of imidazole rings is 1. The highest BCUT2D eigenvalue weighted by Gasteiger charge is 2.32. The van der Waals surface area contributed by atoms with Crippen molar-refractivity contribution in [3.8, 4) is 0 Å². The first-order chi connectivity index (χ1) is 20.0. The number of hydrogen-bond acceptors (Lipinski definition) is 7. The van der Waals surface area contributed by atoms with Gasteiger partial charge < -0.3 is 42.5 Å². The molecule has 226 valence electrons. The minimum atomic E-state index is -1.29. The van der Waals surface area contributed by atoms with E-state index in [0.29, 0.717) is 12.1 Å².